The zero-order valence-electron chi connectivity index (χ0n) is 16.3. The van der Waals surface area contributed by atoms with Crippen molar-refractivity contribution in [2.45, 2.75) is 24.8 Å². The van der Waals surface area contributed by atoms with Crippen molar-refractivity contribution in [3.63, 3.8) is 0 Å². The summed E-state index contributed by atoms with van der Waals surface area (Å²) in [6, 6.07) is 19.3. The fraction of sp³-hybridized carbons (Fsp3) is 0.208. The predicted octanol–water partition coefficient (Wildman–Crippen LogP) is 4.53. The molecule has 1 amide bonds. The van der Waals surface area contributed by atoms with Gasteiger partial charge in [-0.2, -0.15) is 0 Å². The molecule has 4 rings (SSSR count). The van der Waals surface area contributed by atoms with Gasteiger partial charge in [-0.25, -0.2) is 4.79 Å². The molecule has 6 nitrogen and oxygen atoms in total. The number of carbonyl (C=O) groups is 2. The quantitative estimate of drug-likeness (QED) is 0.606. The van der Waals surface area contributed by atoms with Gasteiger partial charge in [-0.05, 0) is 46.4 Å². The standard InChI is InChI=1S/C24H22N2O4/c27-23(28)10-9-22(16-11-13-25-14-12-16)26-24(29)30-15-21-19-7-3-1-5-17(19)18-6-2-4-8-20(18)21/h1-8,11-14,21-22H,9-10,15H2,(H,26,29)(H,27,28)/t22-/m0/s1. The number of benzene rings is 2. The second-order valence-electron chi connectivity index (χ2n) is 7.24. The molecule has 30 heavy (non-hydrogen) atoms. The first-order valence-electron chi connectivity index (χ1n) is 9.86. The third-order valence-corrected chi connectivity index (χ3v) is 5.39. The van der Waals surface area contributed by atoms with Crippen LogP contribution in [0.2, 0.25) is 0 Å². The number of nitrogens with zero attached hydrogens (tertiary/aromatic N) is 1. The minimum atomic E-state index is -0.914. The van der Waals surface area contributed by atoms with E-state index in [1.807, 2.05) is 24.3 Å². The van der Waals surface area contributed by atoms with Crippen LogP contribution in [-0.2, 0) is 9.53 Å². The first-order valence-corrected chi connectivity index (χ1v) is 9.86. The minimum Gasteiger partial charge on any atom is -0.481 e. The summed E-state index contributed by atoms with van der Waals surface area (Å²) < 4.78 is 5.59. The van der Waals surface area contributed by atoms with Gasteiger partial charge in [0.15, 0.2) is 0 Å². The van der Waals surface area contributed by atoms with Crippen LogP contribution < -0.4 is 5.32 Å². The number of hydrogen-bond acceptors (Lipinski definition) is 4. The van der Waals surface area contributed by atoms with Crippen molar-refractivity contribution in [1.82, 2.24) is 10.3 Å². The Labute approximate surface area is 174 Å². The highest BCUT2D eigenvalue weighted by Gasteiger charge is 2.29. The van der Waals surface area contributed by atoms with Crippen LogP contribution in [0.15, 0.2) is 73.1 Å². The van der Waals surface area contributed by atoms with Crippen molar-refractivity contribution in [2.24, 2.45) is 0 Å². The van der Waals surface area contributed by atoms with E-state index >= 15 is 0 Å². The van der Waals surface area contributed by atoms with E-state index in [4.69, 9.17) is 9.84 Å². The highest BCUT2D eigenvalue weighted by atomic mass is 16.5. The van der Waals surface area contributed by atoms with Gasteiger partial charge in [0.25, 0.3) is 0 Å². The number of ether oxygens (including phenoxy) is 1. The van der Waals surface area contributed by atoms with E-state index in [2.05, 4.69) is 34.6 Å². The molecule has 0 radical (unpaired) electrons. The summed E-state index contributed by atoms with van der Waals surface area (Å²) in [5, 5.41) is 11.8. The zero-order valence-corrected chi connectivity index (χ0v) is 16.3. The Morgan fingerprint density at radius 1 is 0.967 bits per heavy atom. The summed E-state index contributed by atoms with van der Waals surface area (Å²) in [6.45, 7) is 0.210. The number of rotatable bonds is 7. The van der Waals surface area contributed by atoms with Crippen LogP contribution in [0.3, 0.4) is 0 Å². The summed E-state index contributed by atoms with van der Waals surface area (Å²) in [5.41, 5.74) is 5.40. The summed E-state index contributed by atoms with van der Waals surface area (Å²) in [4.78, 5) is 27.5. The molecular formula is C24H22N2O4. The molecule has 1 aromatic heterocycles. The summed E-state index contributed by atoms with van der Waals surface area (Å²) in [7, 11) is 0. The normalized spacial score (nSPS) is 13.2. The molecule has 1 aliphatic carbocycles. The summed E-state index contributed by atoms with van der Waals surface area (Å²) in [6.07, 6.45) is 2.87. The Hall–Kier alpha value is -3.67. The van der Waals surface area contributed by atoms with Crippen molar-refractivity contribution < 1.29 is 19.4 Å². The van der Waals surface area contributed by atoms with Crippen molar-refractivity contribution in [2.75, 3.05) is 6.61 Å². The molecule has 152 valence electrons. The van der Waals surface area contributed by atoms with E-state index in [1.54, 1.807) is 24.5 Å². The first kappa shape index (κ1) is 19.6. The molecule has 1 heterocycles. The zero-order chi connectivity index (χ0) is 20.9. The van der Waals surface area contributed by atoms with E-state index in [0.717, 1.165) is 16.7 Å². The Bertz CT molecular complexity index is 1010. The molecule has 0 saturated carbocycles. The third kappa shape index (κ3) is 4.17. The van der Waals surface area contributed by atoms with Crippen LogP contribution >= 0.6 is 0 Å². The second kappa shape index (κ2) is 8.78. The predicted molar refractivity (Wildman–Crippen MR) is 112 cm³/mol. The second-order valence-corrected chi connectivity index (χ2v) is 7.24. The van der Waals surface area contributed by atoms with Crippen molar-refractivity contribution >= 4 is 12.1 Å². The number of carbonyl (C=O) groups excluding carboxylic acids is 1. The fourth-order valence-corrected chi connectivity index (χ4v) is 3.97. The average molecular weight is 402 g/mol. The van der Waals surface area contributed by atoms with Crippen LogP contribution in [0.1, 0.15) is 41.5 Å². The number of nitrogens with one attached hydrogen (secondary N) is 1. The Kier molecular flexibility index (Phi) is 5.75. The van der Waals surface area contributed by atoms with Crippen molar-refractivity contribution in [3.05, 3.63) is 89.7 Å². The molecular weight excluding hydrogens is 380 g/mol. The average Bonchev–Trinajstić information content (AvgIpc) is 3.09. The van der Waals surface area contributed by atoms with E-state index in [-0.39, 0.29) is 25.4 Å². The van der Waals surface area contributed by atoms with E-state index in [1.165, 1.54) is 11.1 Å². The van der Waals surface area contributed by atoms with Gasteiger partial charge in [0.05, 0.1) is 6.04 Å². The van der Waals surface area contributed by atoms with Gasteiger partial charge in [0.1, 0.15) is 6.61 Å². The number of fused-ring (bicyclic) bond motifs is 3. The largest absolute Gasteiger partial charge is 0.481 e. The molecule has 0 aliphatic heterocycles. The lowest BCUT2D eigenvalue weighted by Crippen LogP contribution is -2.30. The SMILES string of the molecule is O=C(O)CC[C@H](NC(=O)OCC1c2ccccc2-c2ccccc21)c1ccncc1. The highest BCUT2D eigenvalue weighted by molar-refractivity contribution is 5.79. The van der Waals surface area contributed by atoms with Gasteiger partial charge in [-0.1, -0.05) is 48.5 Å². The molecule has 0 spiro atoms. The monoisotopic (exact) mass is 402 g/mol. The van der Waals surface area contributed by atoms with Crippen LogP contribution in [-0.4, -0.2) is 28.8 Å². The summed E-state index contributed by atoms with van der Waals surface area (Å²) >= 11 is 0. The molecule has 0 fully saturated rings. The maximum atomic E-state index is 12.6. The molecule has 1 atom stereocenters. The van der Waals surface area contributed by atoms with Crippen LogP contribution in [0.5, 0.6) is 0 Å². The number of aliphatic carboxylic acids is 1. The lowest BCUT2D eigenvalue weighted by molar-refractivity contribution is -0.137. The number of alkyl carbamates (subject to hydrolysis) is 1. The lowest BCUT2D eigenvalue weighted by Gasteiger charge is -2.20. The fourth-order valence-electron chi connectivity index (χ4n) is 3.97. The van der Waals surface area contributed by atoms with Gasteiger partial charge < -0.3 is 15.2 Å². The number of carboxylic acids is 1. The van der Waals surface area contributed by atoms with Gasteiger partial charge in [0, 0.05) is 24.7 Å². The maximum Gasteiger partial charge on any atom is 0.407 e. The number of hydrogen-bond donors (Lipinski definition) is 2. The highest BCUT2D eigenvalue weighted by Crippen LogP contribution is 2.44. The van der Waals surface area contributed by atoms with Gasteiger partial charge >= 0.3 is 12.1 Å². The van der Waals surface area contributed by atoms with Crippen molar-refractivity contribution in [1.29, 1.82) is 0 Å². The number of aromatic nitrogens is 1. The molecule has 0 bridgehead atoms. The molecule has 2 aromatic carbocycles. The van der Waals surface area contributed by atoms with Gasteiger partial charge in [-0.3, -0.25) is 9.78 Å². The third-order valence-electron chi connectivity index (χ3n) is 5.39. The topological polar surface area (TPSA) is 88.5 Å². The Morgan fingerprint density at radius 2 is 1.57 bits per heavy atom. The smallest absolute Gasteiger partial charge is 0.407 e. The molecule has 0 saturated heterocycles. The summed E-state index contributed by atoms with van der Waals surface area (Å²) in [5.74, 6) is -0.940. The minimum absolute atomic E-state index is 0.0263. The Morgan fingerprint density at radius 3 is 2.17 bits per heavy atom. The van der Waals surface area contributed by atoms with Gasteiger partial charge in [0.2, 0.25) is 0 Å². The van der Waals surface area contributed by atoms with E-state index < -0.39 is 18.1 Å². The van der Waals surface area contributed by atoms with Crippen molar-refractivity contribution in [3.8, 4) is 11.1 Å². The number of carboxylic acid groups (broad SMARTS) is 1. The molecule has 0 unspecified atom stereocenters. The van der Waals surface area contributed by atoms with Crippen LogP contribution in [0.25, 0.3) is 11.1 Å². The lowest BCUT2D eigenvalue weighted by atomic mass is 9.98. The number of amides is 1. The maximum absolute atomic E-state index is 12.6. The molecule has 2 N–H and O–H groups in total. The molecule has 6 heteroatoms. The molecule has 1 aliphatic rings. The van der Waals surface area contributed by atoms with Gasteiger partial charge in [-0.15, -0.1) is 0 Å². The van der Waals surface area contributed by atoms with Crippen LogP contribution in [0, 0.1) is 0 Å². The number of pyridine rings is 1. The first-order chi connectivity index (χ1) is 14.6. The van der Waals surface area contributed by atoms with E-state index in [9.17, 15) is 9.59 Å². The molecule has 3 aromatic rings. The van der Waals surface area contributed by atoms with Crippen LogP contribution in [0.4, 0.5) is 4.79 Å². The Balaban J connectivity index is 1.45. The van der Waals surface area contributed by atoms with E-state index in [0.29, 0.717) is 0 Å².